The van der Waals surface area contributed by atoms with E-state index in [2.05, 4.69) is 97.2 Å². The first-order valence-electron chi connectivity index (χ1n) is 42.5. The minimum Gasteiger partial charge on any atom is -0.508 e. The zero-order valence-electron chi connectivity index (χ0n) is 78.3. The first-order valence-corrected chi connectivity index (χ1v) is 44.8. The highest BCUT2D eigenvalue weighted by Crippen LogP contribution is 2.41. The average molecular weight is 2260 g/mol. The summed E-state index contributed by atoms with van der Waals surface area (Å²) in [6.45, 7) is 22.8. The highest BCUT2D eigenvalue weighted by molar-refractivity contribution is 9.11. The molecule has 0 amide bonds. The maximum absolute atomic E-state index is 12.7. The first kappa shape index (κ1) is 127. The average Bonchev–Trinajstić information content (AvgIpc) is 0.822. The minimum absolute atomic E-state index is 0.0145. The SMILES string of the molecule is C=C(C)C(=O)OCCCCCCOc1ccc(OC(F)=C(F)F)cc1.C=Cc1ccc(COCCCCCCOc2ccc(OC(F)=C(F)F)cc2)cc1.Cc1ccc(Br)cc1.Cc1ccc(O)cc1.Cc1ccc(OC(F)(F)C(F)(F)Br)cc1.Cc1ccc(OC(F)=C(F)F)cc1.Cc1ccc(OC(F)=C(F)F)cc1.Cc1ccc(OC(F)=C(F)F)cc1.Oc1ccc(Br)cc1.Oc1ccc(OC(F)=C(F)F)cc1. The number of halogens is 25. The quantitative estimate of drug-likeness (QED) is 0.00852. The number of benzene rings is 11. The molecule has 11 aromatic carbocycles. The molecule has 0 bridgehead atoms. The van der Waals surface area contributed by atoms with E-state index in [-0.39, 0.29) is 52.0 Å². The van der Waals surface area contributed by atoms with Gasteiger partial charge in [-0.15, -0.1) is 0 Å². The molecule has 40 heteroatoms. The zero-order chi connectivity index (χ0) is 109. The third kappa shape index (κ3) is 61.1. The van der Waals surface area contributed by atoms with E-state index < -0.39 is 83.5 Å². The number of ether oxygens (including phenoxy) is 11. The normalized spacial score (nSPS) is 10.1. The van der Waals surface area contributed by atoms with Gasteiger partial charge < -0.3 is 67.4 Å². The number of unbranched alkanes of at least 4 members (excludes halogenated alkanes) is 6. The van der Waals surface area contributed by atoms with Crippen LogP contribution in [0.5, 0.6) is 69.0 Å². The third-order valence-electron chi connectivity index (χ3n) is 17.0. The number of alkyl halides is 5. The van der Waals surface area contributed by atoms with Crippen molar-refractivity contribution in [2.75, 3.05) is 26.4 Å². The van der Waals surface area contributed by atoms with Crippen molar-refractivity contribution >= 4 is 59.8 Å². The van der Waals surface area contributed by atoms with Crippen LogP contribution in [0.1, 0.15) is 103 Å². The van der Waals surface area contributed by atoms with Crippen LogP contribution in [-0.4, -0.2) is 58.7 Å². The Hall–Kier alpha value is -13.7. The lowest BCUT2D eigenvalue weighted by molar-refractivity contribution is -0.266. The monoisotopic (exact) mass is 2250 g/mol. The van der Waals surface area contributed by atoms with Crippen LogP contribution >= 0.6 is 47.8 Å². The molecule has 0 unspecified atom stereocenters. The van der Waals surface area contributed by atoms with Crippen molar-refractivity contribution in [1.82, 2.24) is 0 Å². The molecule has 0 fully saturated rings. The first-order chi connectivity index (χ1) is 68.4. The number of rotatable bonds is 35. The minimum atomic E-state index is -4.58. The van der Waals surface area contributed by atoms with Gasteiger partial charge in [0.2, 0.25) is 0 Å². The summed E-state index contributed by atoms with van der Waals surface area (Å²) in [7, 11) is 0. The molecule has 145 heavy (non-hydrogen) atoms. The number of carbonyl (C=O) groups excluding carboxylic acids is 1. The van der Waals surface area contributed by atoms with E-state index in [1.807, 2.05) is 82.3 Å². The number of esters is 1. The summed E-state index contributed by atoms with van der Waals surface area (Å²) in [6.07, 6.45) is -10.3. The van der Waals surface area contributed by atoms with E-state index in [0.717, 1.165) is 112 Å². The number of carbonyl (C=O) groups is 1. The molecule has 0 atom stereocenters. The summed E-state index contributed by atoms with van der Waals surface area (Å²) in [5, 5.41) is 26.3. The van der Waals surface area contributed by atoms with Crippen LogP contribution < -0.4 is 42.6 Å². The molecule has 3 N–H and O–H groups in total. The molecule has 0 aromatic heterocycles. The van der Waals surface area contributed by atoms with Gasteiger partial charge in [0.15, 0.2) is 0 Å². The lowest BCUT2D eigenvalue weighted by atomic mass is 10.1. The Morgan fingerprint density at radius 1 is 0.310 bits per heavy atom. The van der Waals surface area contributed by atoms with Crippen molar-refractivity contribution in [3.05, 3.63) is 412 Å². The molecule has 784 valence electrons. The van der Waals surface area contributed by atoms with Gasteiger partial charge in [0.1, 0.15) is 69.0 Å². The van der Waals surface area contributed by atoms with E-state index in [0.29, 0.717) is 55.0 Å². The van der Waals surface area contributed by atoms with Gasteiger partial charge in [0.25, 0.3) is 0 Å². The highest BCUT2D eigenvalue weighted by atomic mass is 79.9. The van der Waals surface area contributed by atoms with Crippen molar-refractivity contribution in [1.29, 1.82) is 0 Å². The molecule has 0 spiro atoms. The van der Waals surface area contributed by atoms with Crippen LogP contribution in [-0.2, 0) is 20.9 Å². The van der Waals surface area contributed by atoms with Crippen LogP contribution in [0.3, 0.4) is 0 Å². The fourth-order valence-corrected chi connectivity index (χ4v) is 10.2. The van der Waals surface area contributed by atoms with Crippen LogP contribution in [0.15, 0.2) is 367 Å². The Labute approximate surface area is 848 Å². The Morgan fingerprint density at radius 3 is 0.779 bits per heavy atom. The molecule has 0 saturated carbocycles. The van der Waals surface area contributed by atoms with Crippen molar-refractivity contribution in [3.63, 3.8) is 0 Å². The summed E-state index contributed by atoms with van der Waals surface area (Å²) in [4.78, 5) is 6.74. The van der Waals surface area contributed by atoms with Gasteiger partial charge in [0, 0.05) is 37.1 Å². The number of hydrogen-bond acceptors (Lipinski definition) is 15. The molecule has 0 aliphatic rings. The van der Waals surface area contributed by atoms with E-state index >= 15 is 0 Å². The van der Waals surface area contributed by atoms with Gasteiger partial charge >= 0.3 is 89.5 Å². The molecule has 0 heterocycles. The number of hydrogen-bond donors (Lipinski definition) is 3. The second kappa shape index (κ2) is 70.9. The second-order valence-corrected chi connectivity index (χ2v) is 32.0. The van der Waals surface area contributed by atoms with E-state index in [9.17, 15) is 101 Å². The molecule has 0 saturated heterocycles. The molecule has 15 nitrogen and oxygen atoms in total. The van der Waals surface area contributed by atoms with E-state index in [1.54, 1.807) is 115 Å². The highest BCUT2D eigenvalue weighted by Gasteiger charge is 2.57. The fraction of sp³-hybridized carbons (Fsp3) is 0.210. The largest absolute Gasteiger partial charge is 0.508 e. The predicted molar refractivity (Wildman–Crippen MR) is 518 cm³/mol. The second-order valence-electron chi connectivity index (χ2n) is 29.2. The summed E-state index contributed by atoms with van der Waals surface area (Å²) in [5.74, 6) is 0.986. The smallest absolute Gasteiger partial charge is 0.475 e. The Balaban J connectivity index is 0.000000560. The molecule has 0 aliphatic carbocycles. The van der Waals surface area contributed by atoms with Crippen LogP contribution in [0.25, 0.3) is 6.08 Å². The van der Waals surface area contributed by atoms with Gasteiger partial charge in [-0.3, -0.25) is 0 Å². The lowest BCUT2D eigenvalue weighted by Crippen LogP contribution is -2.40. The van der Waals surface area contributed by atoms with Gasteiger partial charge in [-0.25, -0.2) is 4.79 Å². The Kier molecular flexibility index (Phi) is 62.2. The van der Waals surface area contributed by atoms with Crippen LogP contribution in [0, 0.1) is 41.5 Å². The van der Waals surface area contributed by atoms with Crippen molar-refractivity contribution in [2.24, 2.45) is 0 Å². The summed E-state index contributed by atoms with van der Waals surface area (Å²) < 4.78 is 317. The van der Waals surface area contributed by atoms with E-state index in [4.69, 9.17) is 34.3 Å². The molecular weight excluding hydrogens is 2160 g/mol. The van der Waals surface area contributed by atoms with Crippen molar-refractivity contribution in [3.8, 4) is 69.0 Å². The fourth-order valence-electron chi connectivity index (χ4n) is 9.55. The standard InChI is InChI=1S/C23H25F3O3.C18H21F3O4.C9H7BrF4O.3C9H7F3O.C8H5F3O2.C7H7Br.C7H8O.C6H5BrO/c1-2-18-7-9-19(10-8-18)17-27-15-5-3-4-6-16-28-20-11-13-21(14-12-20)29-23(26)22(24)25;1-13(2)18(22)24-12-6-4-3-5-11-23-14-7-9-15(10-8-14)25-17(21)16(19)20;1-6-2-4-7(5-3-6)15-9(13,14)8(10,11)12;3*1-6-2-4-7(5-3-6)13-9(12)8(10)11;9-7(10)8(11)13-6-3-1-5(12)2-4-6;2*1-6-2-4-7(8)5-3-6;7-5-1-3-6(8)4-2-5/h2,7-14H,1,3-6,15-17H2;7-10H,1,3-6,11-12H2,2H3;2-5H,1H3;3*2-5H,1H3;1-4,12H;2-5H,1H3;2-5,8H,1H3;1-4,8H. The van der Waals surface area contributed by atoms with Crippen LogP contribution in [0.4, 0.5) is 96.6 Å². The number of phenols is 3. The summed E-state index contributed by atoms with van der Waals surface area (Å²) in [6, 6.07) is 58.9. The van der Waals surface area contributed by atoms with Gasteiger partial charge in [-0.05, 0) is 274 Å². The molecule has 0 radical (unpaired) electrons. The molecule has 11 rings (SSSR count). The lowest BCUT2D eigenvalue weighted by Gasteiger charge is -2.21. The van der Waals surface area contributed by atoms with Crippen molar-refractivity contribution in [2.45, 2.75) is 117 Å². The van der Waals surface area contributed by atoms with Crippen molar-refractivity contribution < 1.29 is 169 Å². The Bertz CT molecular complexity index is 5320. The van der Waals surface area contributed by atoms with Gasteiger partial charge in [-0.2, -0.15) is 96.6 Å². The Morgan fingerprint density at radius 2 is 0.531 bits per heavy atom. The number of aryl methyl sites for hydroxylation is 6. The topological polar surface area (TPSA) is 179 Å². The van der Waals surface area contributed by atoms with Gasteiger partial charge in [0.05, 0.1) is 26.4 Å². The maximum atomic E-state index is 12.7. The van der Waals surface area contributed by atoms with E-state index in [1.165, 1.54) is 120 Å². The molecule has 0 aliphatic heterocycles. The zero-order valence-corrected chi connectivity index (χ0v) is 83.0. The third-order valence-corrected chi connectivity index (χ3v) is 18.5. The molecule has 11 aromatic rings. The summed E-state index contributed by atoms with van der Waals surface area (Å²) >= 11 is 8.14. The molecular formula is C105H99Br3F22O15. The predicted octanol–water partition coefficient (Wildman–Crippen LogP) is 35.7. The number of aromatic hydroxyl groups is 3. The van der Waals surface area contributed by atoms with Gasteiger partial charge in [-0.1, -0.05) is 188 Å². The summed E-state index contributed by atoms with van der Waals surface area (Å²) in [5.41, 5.74) is 8.74. The van der Waals surface area contributed by atoms with Crippen LogP contribution in [0.2, 0.25) is 0 Å². The number of phenolic OH excluding ortho intramolecular Hbond substituents is 3. The maximum Gasteiger partial charge on any atom is 0.475 e.